The van der Waals surface area contributed by atoms with Crippen LogP contribution in [-0.2, 0) is 6.42 Å². The first kappa shape index (κ1) is 13.8. The Bertz CT molecular complexity index is 311. The van der Waals surface area contributed by atoms with Gasteiger partial charge in [0.05, 0.1) is 6.10 Å². The number of aliphatic hydroxyl groups is 1. The van der Waals surface area contributed by atoms with E-state index in [9.17, 15) is 5.11 Å². The van der Waals surface area contributed by atoms with Crippen LogP contribution in [0.2, 0.25) is 10.0 Å². The Labute approximate surface area is 107 Å². The second-order valence-electron chi connectivity index (χ2n) is 3.76. The lowest BCUT2D eigenvalue weighted by Gasteiger charge is -2.13. The average Bonchev–Trinajstić information content (AvgIpc) is 2.24. The third kappa shape index (κ3) is 4.30. The Hall–Kier alpha value is -0.280. The lowest BCUT2D eigenvalue weighted by atomic mass is 10.1. The zero-order valence-corrected chi connectivity index (χ0v) is 10.9. The largest absolute Gasteiger partial charge is 0.391 e. The molecule has 1 aromatic rings. The molecule has 1 aromatic carbocycles. The van der Waals surface area contributed by atoms with Crippen LogP contribution in [0.3, 0.4) is 0 Å². The van der Waals surface area contributed by atoms with E-state index in [1.807, 2.05) is 0 Å². The Balaban J connectivity index is 2.52. The summed E-state index contributed by atoms with van der Waals surface area (Å²) in [5.74, 6) is 0. The molecular formula is C12H17Cl2NO. The van der Waals surface area contributed by atoms with E-state index in [2.05, 4.69) is 12.2 Å². The molecule has 0 heterocycles. The maximum atomic E-state index is 9.80. The van der Waals surface area contributed by atoms with Gasteiger partial charge in [0.1, 0.15) is 0 Å². The van der Waals surface area contributed by atoms with E-state index in [1.54, 1.807) is 18.2 Å². The molecule has 0 spiro atoms. The molecule has 0 aromatic heterocycles. The second kappa shape index (κ2) is 7.13. The molecule has 0 saturated carbocycles. The van der Waals surface area contributed by atoms with Crippen LogP contribution in [-0.4, -0.2) is 24.3 Å². The molecule has 0 bridgehead atoms. The Morgan fingerprint density at radius 3 is 2.50 bits per heavy atom. The molecule has 0 aliphatic rings. The first-order chi connectivity index (χ1) is 7.65. The Kier molecular flexibility index (Phi) is 6.14. The fourth-order valence-electron chi connectivity index (χ4n) is 1.48. The molecule has 1 atom stereocenters. The van der Waals surface area contributed by atoms with Gasteiger partial charge in [-0.15, -0.1) is 0 Å². The van der Waals surface area contributed by atoms with Gasteiger partial charge in [-0.25, -0.2) is 0 Å². The van der Waals surface area contributed by atoms with Crippen molar-refractivity contribution in [2.24, 2.45) is 0 Å². The van der Waals surface area contributed by atoms with Gasteiger partial charge in [-0.3, -0.25) is 0 Å². The topological polar surface area (TPSA) is 32.3 Å². The number of nitrogens with one attached hydrogen (secondary N) is 1. The first-order valence-electron chi connectivity index (χ1n) is 5.46. The molecule has 90 valence electrons. The van der Waals surface area contributed by atoms with Gasteiger partial charge in [0.25, 0.3) is 0 Å². The van der Waals surface area contributed by atoms with Gasteiger partial charge < -0.3 is 10.4 Å². The molecule has 0 fully saturated rings. The highest BCUT2D eigenvalue weighted by Gasteiger charge is 2.11. The van der Waals surface area contributed by atoms with Crippen LogP contribution >= 0.6 is 23.2 Å². The van der Waals surface area contributed by atoms with Crippen LogP contribution in [0.25, 0.3) is 0 Å². The maximum absolute atomic E-state index is 9.80. The lowest BCUT2D eigenvalue weighted by Crippen LogP contribution is -2.29. The predicted molar refractivity (Wildman–Crippen MR) is 69.3 cm³/mol. The van der Waals surface area contributed by atoms with Crippen molar-refractivity contribution in [1.82, 2.24) is 5.32 Å². The van der Waals surface area contributed by atoms with Crippen LogP contribution in [0.5, 0.6) is 0 Å². The van der Waals surface area contributed by atoms with Crippen molar-refractivity contribution in [3.63, 3.8) is 0 Å². The summed E-state index contributed by atoms with van der Waals surface area (Å²) >= 11 is 12.0. The molecule has 0 amide bonds. The highest BCUT2D eigenvalue weighted by molar-refractivity contribution is 6.35. The fourth-order valence-corrected chi connectivity index (χ4v) is 2.03. The van der Waals surface area contributed by atoms with Crippen LogP contribution in [0.4, 0.5) is 0 Å². The van der Waals surface area contributed by atoms with Crippen molar-refractivity contribution in [3.8, 4) is 0 Å². The molecular weight excluding hydrogens is 245 g/mol. The quantitative estimate of drug-likeness (QED) is 0.772. The van der Waals surface area contributed by atoms with E-state index in [4.69, 9.17) is 23.2 Å². The molecule has 0 aliphatic heterocycles. The number of aliphatic hydroxyl groups excluding tert-OH is 1. The maximum Gasteiger partial charge on any atom is 0.0705 e. The molecule has 2 nitrogen and oxygen atoms in total. The predicted octanol–water partition coefficient (Wildman–Crippen LogP) is 2.90. The molecule has 0 aliphatic carbocycles. The highest BCUT2D eigenvalue weighted by atomic mass is 35.5. The normalized spacial score (nSPS) is 12.8. The molecule has 0 saturated heterocycles. The minimum absolute atomic E-state index is 0.455. The van der Waals surface area contributed by atoms with Gasteiger partial charge in [0.15, 0.2) is 0 Å². The van der Waals surface area contributed by atoms with Gasteiger partial charge in [-0.05, 0) is 30.7 Å². The number of halogens is 2. The number of benzene rings is 1. The zero-order chi connectivity index (χ0) is 12.0. The van der Waals surface area contributed by atoms with Crippen molar-refractivity contribution >= 4 is 23.2 Å². The standard InChI is InChI=1S/C12H17Cl2NO/c1-2-6-15-8-9(16)7-10-11(13)4-3-5-12(10)14/h3-5,9,15-16H,2,6-8H2,1H3. The van der Waals surface area contributed by atoms with E-state index < -0.39 is 6.10 Å². The monoisotopic (exact) mass is 261 g/mol. The molecule has 0 radical (unpaired) electrons. The number of rotatable bonds is 6. The summed E-state index contributed by atoms with van der Waals surface area (Å²) in [6.07, 6.45) is 1.08. The summed E-state index contributed by atoms with van der Waals surface area (Å²) in [5, 5.41) is 14.2. The summed E-state index contributed by atoms with van der Waals surface area (Å²) < 4.78 is 0. The summed E-state index contributed by atoms with van der Waals surface area (Å²) in [5.41, 5.74) is 0.816. The smallest absolute Gasteiger partial charge is 0.0705 e. The minimum atomic E-state index is -0.455. The van der Waals surface area contributed by atoms with Crippen LogP contribution < -0.4 is 5.32 Å². The van der Waals surface area contributed by atoms with E-state index in [1.165, 1.54) is 0 Å². The van der Waals surface area contributed by atoms with E-state index >= 15 is 0 Å². The molecule has 1 unspecified atom stereocenters. The Morgan fingerprint density at radius 1 is 1.31 bits per heavy atom. The number of hydrogen-bond acceptors (Lipinski definition) is 2. The highest BCUT2D eigenvalue weighted by Crippen LogP contribution is 2.25. The van der Waals surface area contributed by atoms with Gasteiger partial charge in [-0.1, -0.05) is 36.2 Å². The molecule has 1 rings (SSSR count). The van der Waals surface area contributed by atoms with Crippen molar-refractivity contribution in [2.45, 2.75) is 25.9 Å². The average molecular weight is 262 g/mol. The third-order valence-electron chi connectivity index (χ3n) is 2.31. The Morgan fingerprint density at radius 2 is 1.94 bits per heavy atom. The van der Waals surface area contributed by atoms with E-state index in [0.29, 0.717) is 23.0 Å². The molecule has 2 N–H and O–H groups in total. The van der Waals surface area contributed by atoms with Crippen LogP contribution in [0, 0.1) is 0 Å². The van der Waals surface area contributed by atoms with Gasteiger partial charge in [-0.2, -0.15) is 0 Å². The third-order valence-corrected chi connectivity index (χ3v) is 3.02. The summed E-state index contributed by atoms with van der Waals surface area (Å²) in [4.78, 5) is 0. The minimum Gasteiger partial charge on any atom is -0.391 e. The van der Waals surface area contributed by atoms with Crippen molar-refractivity contribution in [2.75, 3.05) is 13.1 Å². The lowest BCUT2D eigenvalue weighted by molar-refractivity contribution is 0.172. The van der Waals surface area contributed by atoms with Gasteiger partial charge in [0.2, 0.25) is 0 Å². The zero-order valence-electron chi connectivity index (χ0n) is 9.34. The fraction of sp³-hybridized carbons (Fsp3) is 0.500. The van der Waals surface area contributed by atoms with E-state index in [-0.39, 0.29) is 0 Å². The second-order valence-corrected chi connectivity index (χ2v) is 4.58. The summed E-state index contributed by atoms with van der Waals surface area (Å²) in [6.45, 7) is 3.56. The molecule has 16 heavy (non-hydrogen) atoms. The summed E-state index contributed by atoms with van der Waals surface area (Å²) in [7, 11) is 0. The summed E-state index contributed by atoms with van der Waals surface area (Å²) in [6, 6.07) is 5.37. The van der Waals surface area contributed by atoms with Crippen molar-refractivity contribution in [1.29, 1.82) is 0 Å². The van der Waals surface area contributed by atoms with Gasteiger partial charge >= 0.3 is 0 Å². The van der Waals surface area contributed by atoms with Crippen molar-refractivity contribution in [3.05, 3.63) is 33.8 Å². The molecule has 4 heteroatoms. The SMILES string of the molecule is CCCNCC(O)Cc1c(Cl)cccc1Cl. The van der Waals surface area contributed by atoms with Crippen LogP contribution in [0.1, 0.15) is 18.9 Å². The number of hydrogen-bond donors (Lipinski definition) is 2. The van der Waals surface area contributed by atoms with E-state index in [0.717, 1.165) is 18.5 Å². The van der Waals surface area contributed by atoms with Crippen molar-refractivity contribution < 1.29 is 5.11 Å². The first-order valence-corrected chi connectivity index (χ1v) is 6.22. The van der Waals surface area contributed by atoms with Gasteiger partial charge in [0, 0.05) is 23.0 Å². The van der Waals surface area contributed by atoms with Crippen LogP contribution in [0.15, 0.2) is 18.2 Å².